The Labute approximate surface area is 121 Å². The molecule has 1 N–H and O–H groups in total. The van der Waals surface area contributed by atoms with Crippen LogP contribution in [0.2, 0.25) is 0 Å². The van der Waals surface area contributed by atoms with E-state index < -0.39 is 0 Å². The molecule has 0 bridgehead atoms. The molecule has 0 aliphatic rings. The number of ether oxygens (including phenoxy) is 1. The van der Waals surface area contributed by atoms with Crippen molar-refractivity contribution >= 4 is 16.9 Å². The summed E-state index contributed by atoms with van der Waals surface area (Å²) in [6, 6.07) is 10.8. The molecule has 0 radical (unpaired) electrons. The summed E-state index contributed by atoms with van der Waals surface area (Å²) in [5.41, 5.74) is 1.92. The zero-order valence-electron chi connectivity index (χ0n) is 11.5. The zero-order valence-corrected chi connectivity index (χ0v) is 11.5. The van der Waals surface area contributed by atoms with Crippen LogP contribution in [0.3, 0.4) is 0 Å². The van der Waals surface area contributed by atoms with E-state index in [1.54, 1.807) is 31.7 Å². The highest BCUT2D eigenvalue weighted by molar-refractivity contribution is 5.99. The van der Waals surface area contributed by atoms with Gasteiger partial charge in [0.1, 0.15) is 11.3 Å². The van der Waals surface area contributed by atoms with Crippen molar-refractivity contribution < 1.29 is 13.9 Å². The number of nitrogens with one attached hydrogen (secondary N) is 1. The minimum atomic E-state index is -0.197. The molecular weight excluding hydrogens is 268 g/mol. The smallest absolute Gasteiger partial charge is 0.251 e. The van der Waals surface area contributed by atoms with E-state index >= 15 is 0 Å². The zero-order chi connectivity index (χ0) is 14.7. The summed E-state index contributed by atoms with van der Waals surface area (Å²) in [5, 5.41) is 3.67. The quantitative estimate of drug-likeness (QED) is 0.799. The van der Waals surface area contributed by atoms with Gasteiger partial charge < -0.3 is 14.5 Å². The molecule has 0 saturated heterocycles. The number of pyridine rings is 1. The highest BCUT2D eigenvalue weighted by atomic mass is 16.5. The van der Waals surface area contributed by atoms with Gasteiger partial charge in [0, 0.05) is 11.8 Å². The predicted octanol–water partition coefficient (Wildman–Crippen LogP) is 2.77. The molecule has 106 valence electrons. The fourth-order valence-corrected chi connectivity index (χ4v) is 2.11. The van der Waals surface area contributed by atoms with Crippen LogP contribution in [0.4, 0.5) is 0 Å². The third-order valence-corrected chi connectivity index (χ3v) is 3.17. The average Bonchev–Trinajstić information content (AvgIpc) is 3.01. The molecule has 0 unspecified atom stereocenters. The van der Waals surface area contributed by atoms with E-state index in [0.717, 1.165) is 11.1 Å². The standard InChI is InChI=1S/C16H14N2O3/c1-20-14-8-11(9-15-13(14)5-7-21-15)16(19)18-10-12-4-2-3-6-17-12/h2-9H,10H2,1H3,(H,18,19). The van der Waals surface area contributed by atoms with Gasteiger partial charge in [-0.05, 0) is 30.3 Å². The second-order valence-electron chi connectivity index (χ2n) is 4.51. The van der Waals surface area contributed by atoms with Crippen LogP contribution in [0.1, 0.15) is 16.1 Å². The van der Waals surface area contributed by atoms with Crippen molar-refractivity contribution in [2.24, 2.45) is 0 Å². The summed E-state index contributed by atoms with van der Waals surface area (Å²) in [6.07, 6.45) is 3.27. The van der Waals surface area contributed by atoms with Gasteiger partial charge >= 0.3 is 0 Å². The minimum Gasteiger partial charge on any atom is -0.496 e. The normalized spacial score (nSPS) is 10.5. The van der Waals surface area contributed by atoms with Gasteiger partial charge in [-0.3, -0.25) is 9.78 Å². The molecule has 0 spiro atoms. The largest absolute Gasteiger partial charge is 0.496 e. The van der Waals surface area contributed by atoms with E-state index in [4.69, 9.17) is 9.15 Å². The molecule has 3 rings (SSSR count). The lowest BCUT2D eigenvalue weighted by Crippen LogP contribution is -2.23. The lowest BCUT2D eigenvalue weighted by molar-refractivity contribution is 0.0950. The third-order valence-electron chi connectivity index (χ3n) is 3.17. The molecule has 1 aromatic carbocycles. The summed E-state index contributed by atoms with van der Waals surface area (Å²) in [6.45, 7) is 0.373. The van der Waals surface area contributed by atoms with Crippen LogP contribution in [0.15, 0.2) is 53.3 Å². The minimum absolute atomic E-state index is 0.197. The Kier molecular flexibility index (Phi) is 3.55. The summed E-state index contributed by atoms with van der Waals surface area (Å²) >= 11 is 0. The summed E-state index contributed by atoms with van der Waals surface area (Å²) in [4.78, 5) is 16.4. The van der Waals surface area contributed by atoms with Crippen LogP contribution in [0, 0.1) is 0 Å². The first-order valence-electron chi connectivity index (χ1n) is 6.51. The summed E-state index contributed by atoms with van der Waals surface area (Å²) in [5.74, 6) is 0.418. The molecule has 0 atom stereocenters. The lowest BCUT2D eigenvalue weighted by Gasteiger charge is -2.07. The van der Waals surface area contributed by atoms with Gasteiger partial charge in [0.2, 0.25) is 0 Å². The Morgan fingerprint density at radius 1 is 1.33 bits per heavy atom. The highest BCUT2D eigenvalue weighted by Gasteiger charge is 2.12. The average molecular weight is 282 g/mol. The van der Waals surface area contributed by atoms with Crippen LogP contribution in [-0.2, 0) is 6.54 Å². The van der Waals surface area contributed by atoms with Gasteiger partial charge in [0.15, 0.2) is 0 Å². The van der Waals surface area contributed by atoms with Crippen molar-refractivity contribution in [3.05, 3.63) is 60.1 Å². The number of rotatable bonds is 4. The van der Waals surface area contributed by atoms with E-state index in [1.807, 2.05) is 24.3 Å². The second-order valence-corrected chi connectivity index (χ2v) is 4.51. The molecule has 0 aliphatic heterocycles. The number of hydrogen-bond donors (Lipinski definition) is 1. The van der Waals surface area contributed by atoms with Gasteiger partial charge in [-0.2, -0.15) is 0 Å². The Hall–Kier alpha value is -2.82. The van der Waals surface area contributed by atoms with Gasteiger partial charge in [0.25, 0.3) is 5.91 Å². The molecule has 21 heavy (non-hydrogen) atoms. The van der Waals surface area contributed by atoms with Crippen molar-refractivity contribution in [1.82, 2.24) is 10.3 Å². The van der Waals surface area contributed by atoms with Crippen LogP contribution in [-0.4, -0.2) is 18.0 Å². The predicted molar refractivity (Wildman–Crippen MR) is 78.2 cm³/mol. The molecule has 5 heteroatoms. The van der Waals surface area contributed by atoms with E-state index in [1.165, 1.54) is 0 Å². The van der Waals surface area contributed by atoms with Crippen LogP contribution in [0.5, 0.6) is 5.75 Å². The Morgan fingerprint density at radius 3 is 3.00 bits per heavy atom. The number of nitrogens with zero attached hydrogens (tertiary/aromatic N) is 1. The number of aromatic nitrogens is 1. The van der Waals surface area contributed by atoms with Gasteiger partial charge in [-0.25, -0.2) is 0 Å². The van der Waals surface area contributed by atoms with Gasteiger partial charge in [-0.1, -0.05) is 6.07 Å². The number of fused-ring (bicyclic) bond motifs is 1. The van der Waals surface area contributed by atoms with E-state index in [9.17, 15) is 4.79 Å². The first-order chi connectivity index (χ1) is 10.3. The fourth-order valence-electron chi connectivity index (χ4n) is 2.11. The van der Waals surface area contributed by atoms with E-state index in [2.05, 4.69) is 10.3 Å². The number of benzene rings is 1. The Balaban J connectivity index is 1.81. The summed E-state index contributed by atoms with van der Waals surface area (Å²) in [7, 11) is 1.57. The second kappa shape index (κ2) is 5.66. The van der Waals surface area contributed by atoms with E-state index in [-0.39, 0.29) is 5.91 Å². The molecule has 0 saturated carbocycles. The number of hydrogen-bond acceptors (Lipinski definition) is 4. The maximum absolute atomic E-state index is 12.2. The topological polar surface area (TPSA) is 64.4 Å². The first kappa shape index (κ1) is 13.2. The number of furan rings is 1. The van der Waals surface area contributed by atoms with Crippen molar-refractivity contribution in [2.45, 2.75) is 6.54 Å². The van der Waals surface area contributed by atoms with Crippen molar-refractivity contribution in [3.63, 3.8) is 0 Å². The third kappa shape index (κ3) is 2.72. The van der Waals surface area contributed by atoms with Crippen molar-refractivity contribution in [3.8, 4) is 5.75 Å². The van der Waals surface area contributed by atoms with Crippen molar-refractivity contribution in [1.29, 1.82) is 0 Å². The monoisotopic (exact) mass is 282 g/mol. The molecule has 2 heterocycles. The number of carbonyl (C=O) groups is 1. The van der Waals surface area contributed by atoms with E-state index in [0.29, 0.717) is 23.4 Å². The van der Waals surface area contributed by atoms with Crippen LogP contribution >= 0.6 is 0 Å². The number of carbonyl (C=O) groups excluding carboxylic acids is 1. The lowest BCUT2D eigenvalue weighted by atomic mass is 10.1. The molecule has 5 nitrogen and oxygen atoms in total. The fraction of sp³-hybridized carbons (Fsp3) is 0.125. The molecule has 0 aliphatic carbocycles. The van der Waals surface area contributed by atoms with Crippen LogP contribution < -0.4 is 10.1 Å². The SMILES string of the molecule is COc1cc(C(=O)NCc2ccccn2)cc2occc12. The maximum Gasteiger partial charge on any atom is 0.251 e. The Morgan fingerprint density at radius 2 is 2.24 bits per heavy atom. The molecule has 3 aromatic rings. The van der Waals surface area contributed by atoms with Gasteiger partial charge in [0.05, 0.1) is 31.0 Å². The maximum atomic E-state index is 12.2. The molecule has 0 fully saturated rings. The first-order valence-corrected chi connectivity index (χ1v) is 6.51. The van der Waals surface area contributed by atoms with Crippen LogP contribution in [0.25, 0.3) is 11.0 Å². The Bertz CT molecular complexity index is 766. The molecule has 2 aromatic heterocycles. The van der Waals surface area contributed by atoms with Crippen molar-refractivity contribution in [2.75, 3.05) is 7.11 Å². The highest BCUT2D eigenvalue weighted by Crippen LogP contribution is 2.28. The van der Waals surface area contributed by atoms with Gasteiger partial charge in [-0.15, -0.1) is 0 Å². The molecular formula is C16H14N2O3. The molecule has 1 amide bonds. The summed E-state index contributed by atoms with van der Waals surface area (Å²) < 4.78 is 10.6. The number of methoxy groups -OCH3 is 1. The number of amides is 1.